The summed E-state index contributed by atoms with van der Waals surface area (Å²) in [4.78, 5) is 12.4. The minimum atomic E-state index is -3.48. The summed E-state index contributed by atoms with van der Waals surface area (Å²) in [6.45, 7) is 8.46. The van der Waals surface area contributed by atoms with E-state index in [-0.39, 0.29) is 23.0 Å². The zero-order chi connectivity index (χ0) is 18.7. The standard InChI is InChI=1S/C17H26N2O4S2/c1-5-25(21,22)19-12-15(23-14-9-7-6-8-13(14)19)16(20)18-10-11-24-17(2,3)4/h6-9,15H,5,10-12H2,1-4H3,(H,18,20)/t15-/m0/s1. The van der Waals surface area contributed by atoms with E-state index in [0.29, 0.717) is 18.0 Å². The first-order valence-electron chi connectivity index (χ1n) is 8.32. The molecule has 0 aliphatic carbocycles. The Kier molecular flexibility index (Phi) is 6.26. The topological polar surface area (TPSA) is 75.7 Å². The van der Waals surface area contributed by atoms with Crippen molar-refractivity contribution in [2.45, 2.75) is 38.5 Å². The molecule has 1 atom stereocenters. The van der Waals surface area contributed by atoms with Crippen LogP contribution in [0.15, 0.2) is 24.3 Å². The van der Waals surface area contributed by atoms with E-state index in [0.717, 1.165) is 5.75 Å². The van der Waals surface area contributed by atoms with E-state index in [9.17, 15) is 13.2 Å². The Bertz CT molecular complexity index is 714. The van der Waals surface area contributed by atoms with Gasteiger partial charge in [0.25, 0.3) is 5.91 Å². The first-order valence-corrected chi connectivity index (χ1v) is 10.9. The van der Waals surface area contributed by atoms with Crippen LogP contribution in [0.1, 0.15) is 27.7 Å². The summed E-state index contributed by atoms with van der Waals surface area (Å²) in [5, 5.41) is 2.84. The van der Waals surface area contributed by atoms with Gasteiger partial charge in [-0.05, 0) is 19.1 Å². The van der Waals surface area contributed by atoms with E-state index < -0.39 is 16.1 Å². The minimum Gasteiger partial charge on any atom is -0.476 e. The number of para-hydroxylation sites is 2. The van der Waals surface area contributed by atoms with Crippen molar-refractivity contribution < 1.29 is 17.9 Å². The van der Waals surface area contributed by atoms with Gasteiger partial charge in [-0.15, -0.1) is 0 Å². The first-order chi connectivity index (χ1) is 11.6. The summed E-state index contributed by atoms with van der Waals surface area (Å²) >= 11 is 1.76. The molecule has 6 nitrogen and oxygen atoms in total. The second kappa shape index (κ2) is 7.86. The molecule has 0 bridgehead atoms. The van der Waals surface area contributed by atoms with Gasteiger partial charge in [0.05, 0.1) is 18.0 Å². The van der Waals surface area contributed by atoms with Gasteiger partial charge in [-0.25, -0.2) is 8.42 Å². The first kappa shape index (κ1) is 19.9. The van der Waals surface area contributed by atoms with Crippen LogP contribution in [-0.4, -0.2) is 49.8 Å². The van der Waals surface area contributed by atoms with Crippen molar-refractivity contribution in [1.29, 1.82) is 0 Å². The average molecular weight is 387 g/mol. The summed E-state index contributed by atoms with van der Waals surface area (Å²) in [5.41, 5.74) is 0.483. The largest absolute Gasteiger partial charge is 0.476 e. The molecule has 1 aliphatic heterocycles. The molecule has 0 saturated heterocycles. The molecule has 0 unspecified atom stereocenters. The smallest absolute Gasteiger partial charge is 0.263 e. The third-order valence-corrected chi connectivity index (χ3v) is 6.69. The highest BCUT2D eigenvalue weighted by Crippen LogP contribution is 2.35. The van der Waals surface area contributed by atoms with Crippen molar-refractivity contribution in [3.63, 3.8) is 0 Å². The Hall–Kier alpha value is -1.41. The lowest BCUT2D eigenvalue weighted by molar-refractivity contribution is -0.127. The number of amides is 1. The molecular weight excluding hydrogens is 360 g/mol. The lowest BCUT2D eigenvalue weighted by Crippen LogP contribution is -2.51. The number of hydrogen-bond donors (Lipinski definition) is 1. The van der Waals surface area contributed by atoms with E-state index in [4.69, 9.17) is 4.74 Å². The Morgan fingerprint density at radius 1 is 1.36 bits per heavy atom. The number of sulfonamides is 1. The molecule has 0 aromatic heterocycles. The third-order valence-electron chi connectivity index (χ3n) is 3.66. The van der Waals surface area contributed by atoms with Crippen LogP contribution in [0.4, 0.5) is 5.69 Å². The van der Waals surface area contributed by atoms with Crippen LogP contribution < -0.4 is 14.4 Å². The van der Waals surface area contributed by atoms with Crippen LogP contribution in [0.25, 0.3) is 0 Å². The number of carbonyl (C=O) groups excluding carboxylic acids is 1. The Morgan fingerprint density at radius 2 is 2.04 bits per heavy atom. The number of thioether (sulfide) groups is 1. The zero-order valence-corrected chi connectivity index (χ0v) is 16.7. The van der Waals surface area contributed by atoms with Gasteiger partial charge < -0.3 is 10.1 Å². The van der Waals surface area contributed by atoms with Crippen LogP contribution in [0, 0.1) is 0 Å². The molecule has 1 aliphatic rings. The fourth-order valence-corrected chi connectivity index (χ4v) is 4.34. The molecule has 1 N–H and O–H groups in total. The monoisotopic (exact) mass is 386 g/mol. The van der Waals surface area contributed by atoms with E-state index in [2.05, 4.69) is 26.1 Å². The highest BCUT2D eigenvalue weighted by atomic mass is 32.2. The maximum atomic E-state index is 12.4. The highest BCUT2D eigenvalue weighted by Gasteiger charge is 2.35. The summed E-state index contributed by atoms with van der Waals surface area (Å²) in [7, 11) is -3.48. The number of fused-ring (bicyclic) bond motifs is 1. The third kappa shape index (κ3) is 5.28. The fraction of sp³-hybridized carbons (Fsp3) is 0.588. The average Bonchev–Trinajstić information content (AvgIpc) is 2.56. The van der Waals surface area contributed by atoms with Gasteiger partial charge >= 0.3 is 0 Å². The molecule has 1 amide bonds. The van der Waals surface area contributed by atoms with Crippen LogP contribution in [0.2, 0.25) is 0 Å². The van der Waals surface area contributed by atoms with Gasteiger partial charge in [-0.3, -0.25) is 9.10 Å². The quantitative estimate of drug-likeness (QED) is 0.759. The second-order valence-corrected chi connectivity index (χ2v) is 10.9. The molecule has 2 rings (SSSR count). The number of benzene rings is 1. The Balaban J connectivity index is 2.07. The minimum absolute atomic E-state index is 0.00850. The molecule has 25 heavy (non-hydrogen) atoms. The van der Waals surface area contributed by atoms with Gasteiger partial charge in [0.2, 0.25) is 10.0 Å². The lowest BCUT2D eigenvalue weighted by Gasteiger charge is -2.34. The highest BCUT2D eigenvalue weighted by molar-refractivity contribution is 8.00. The number of nitrogens with zero attached hydrogens (tertiary/aromatic N) is 1. The molecule has 1 aromatic carbocycles. The van der Waals surface area contributed by atoms with Crippen LogP contribution in [-0.2, 0) is 14.8 Å². The number of hydrogen-bond acceptors (Lipinski definition) is 5. The van der Waals surface area contributed by atoms with Gasteiger partial charge in [-0.2, -0.15) is 11.8 Å². The summed E-state index contributed by atoms with van der Waals surface area (Å²) in [6, 6.07) is 6.89. The molecule has 1 heterocycles. The van der Waals surface area contributed by atoms with Crippen molar-refractivity contribution in [3.8, 4) is 5.75 Å². The molecule has 140 valence electrons. The van der Waals surface area contributed by atoms with Crippen molar-refractivity contribution in [1.82, 2.24) is 5.32 Å². The molecule has 1 aromatic rings. The van der Waals surface area contributed by atoms with E-state index in [1.807, 2.05) is 0 Å². The number of ether oxygens (including phenoxy) is 1. The molecule has 0 fully saturated rings. The second-order valence-electron chi connectivity index (χ2n) is 6.76. The SMILES string of the molecule is CCS(=O)(=O)N1C[C@@H](C(=O)NCCSC(C)(C)C)Oc2ccccc21. The zero-order valence-electron chi connectivity index (χ0n) is 15.1. The number of carbonyl (C=O) groups is 1. The maximum absolute atomic E-state index is 12.4. The summed E-state index contributed by atoms with van der Waals surface area (Å²) in [5.74, 6) is 0.878. The van der Waals surface area contributed by atoms with E-state index in [1.54, 1.807) is 43.0 Å². The molecule has 0 spiro atoms. The number of anilines is 1. The maximum Gasteiger partial charge on any atom is 0.263 e. The van der Waals surface area contributed by atoms with Crippen LogP contribution in [0.3, 0.4) is 0 Å². The van der Waals surface area contributed by atoms with Crippen molar-refractivity contribution in [2.75, 3.05) is 28.9 Å². The number of rotatable bonds is 6. The molecule has 0 saturated carbocycles. The lowest BCUT2D eigenvalue weighted by atomic mass is 10.2. The number of nitrogens with one attached hydrogen (secondary N) is 1. The van der Waals surface area contributed by atoms with Crippen molar-refractivity contribution in [3.05, 3.63) is 24.3 Å². The molecular formula is C17H26N2O4S2. The van der Waals surface area contributed by atoms with E-state index in [1.165, 1.54) is 4.31 Å². The molecule has 0 radical (unpaired) electrons. The molecule has 8 heteroatoms. The predicted octanol–water partition coefficient (Wildman–Crippen LogP) is 2.25. The normalized spacial score (nSPS) is 17.6. The van der Waals surface area contributed by atoms with Crippen molar-refractivity contribution in [2.24, 2.45) is 0 Å². The van der Waals surface area contributed by atoms with Gasteiger partial charge in [-0.1, -0.05) is 32.9 Å². The van der Waals surface area contributed by atoms with Gasteiger partial charge in [0.1, 0.15) is 5.75 Å². The van der Waals surface area contributed by atoms with E-state index >= 15 is 0 Å². The predicted molar refractivity (Wildman–Crippen MR) is 103 cm³/mol. The Morgan fingerprint density at radius 3 is 2.68 bits per heavy atom. The van der Waals surface area contributed by atoms with Crippen molar-refractivity contribution >= 4 is 33.4 Å². The van der Waals surface area contributed by atoms with Crippen LogP contribution in [0.5, 0.6) is 5.75 Å². The van der Waals surface area contributed by atoms with Gasteiger partial charge in [0.15, 0.2) is 6.10 Å². The fourth-order valence-electron chi connectivity index (χ4n) is 2.40. The van der Waals surface area contributed by atoms with Gasteiger partial charge in [0, 0.05) is 17.0 Å². The summed E-state index contributed by atoms with van der Waals surface area (Å²) < 4.78 is 31.9. The van der Waals surface area contributed by atoms with Crippen LogP contribution >= 0.6 is 11.8 Å². The summed E-state index contributed by atoms with van der Waals surface area (Å²) in [6.07, 6.45) is -0.851. The Labute approximate surface area is 154 Å².